The van der Waals surface area contributed by atoms with Gasteiger partial charge in [-0.2, -0.15) is 0 Å². The highest BCUT2D eigenvalue weighted by atomic mass is 35.5. The number of hydrogen-bond acceptors (Lipinski definition) is 2. The van der Waals surface area contributed by atoms with Crippen LogP contribution in [0.5, 0.6) is 0 Å². The molecule has 1 heterocycles. The summed E-state index contributed by atoms with van der Waals surface area (Å²) in [4.78, 5) is 2.53. The normalized spacial score (nSPS) is 21.0. The van der Waals surface area contributed by atoms with Crippen LogP contribution in [0.25, 0.3) is 0 Å². The molecule has 2 N–H and O–H groups in total. The fraction of sp³-hybridized carbons (Fsp3) is 0.647. The van der Waals surface area contributed by atoms with Crippen LogP contribution >= 0.6 is 11.6 Å². The zero-order chi connectivity index (χ0) is 14.5. The zero-order valence-electron chi connectivity index (χ0n) is 12.7. The van der Waals surface area contributed by atoms with Gasteiger partial charge in [-0.05, 0) is 56.2 Å². The van der Waals surface area contributed by atoms with Gasteiger partial charge in [0.15, 0.2) is 0 Å². The molecule has 0 bridgehead atoms. The molecule has 112 valence electrons. The standard InChI is InChI=1S/C17H27ClN2/c1-3-14(19)11-13-8-9-16(12-17(13)18)20-10-6-5-7-15(20)4-2/h8-9,12,14-15H,3-7,10-11,19H2,1-2H3. The monoisotopic (exact) mass is 294 g/mol. The minimum Gasteiger partial charge on any atom is -0.369 e. The van der Waals surface area contributed by atoms with E-state index < -0.39 is 0 Å². The number of rotatable bonds is 5. The number of hydrogen-bond donors (Lipinski definition) is 1. The summed E-state index contributed by atoms with van der Waals surface area (Å²) < 4.78 is 0. The maximum Gasteiger partial charge on any atom is 0.0459 e. The Bertz CT molecular complexity index is 433. The van der Waals surface area contributed by atoms with Crippen LogP contribution in [0.1, 0.15) is 51.5 Å². The van der Waals surface area contributed by atoms with Crippen molar-refractivity contribution in [3.63, 3.8) is 0 Å². The first-order chi connectivity index (χ1) is 9.65. The maximum atomic E-state index is 6.46. The molecule has 1 aromatic rings. The summed E-state index contributed by atoms with van der Waals surface area (Å²) in [7, 11) is 0. The molecule has 1 aliphatic heterocycles. The lowest BCUT2D eigenvalue weighted by atomic mass is 9.98. The summed E-state index contributed by atoms with van der Waals surface area (Å²) in [6, 6.07) is 7.39. The van der Waals surface area contributed by atoms with Crippen molar-refractivity contribution in [3.05, 3.63) is 28.8 Å². The van der Waals surface area contributed by atoms with Crippen molar-refractivity contribution in [2.24, 2.45) is 5.73 Å². The van der Waals surface area contributed by atoms with Gasteiger partial charge in [-0.15, -0.1) is 0 Å². The lowest BCUT2D eigenvalue weighted by Crippen LogP contribution is -2.39. The van der Waals surface area contributed by atoms with E-state index in [1.807, 2.05) is 0 Å². The van der Waals surface area contributed by atoms with Gasteiger partial charge in [0.05, 0.1) is 0 Å². The largest absolute Gasteiger partial charge is 0.369 e. The van der Waals surface area contributed by atoms with Crippen molar-refractivity contribution in [2.75, 3.05) is 11.4 Å². The van der Waals surface area contributed by atoms with Crippen molar-refractivity contribution in [1.29, 1.82) is 0 Å². The van der Waals surface area contributed by atoms with Crippen molar-refractivity contribution in [1.82, 2.24) is 0 Å². The van der Waals surface area contributed by atoms with E-state index in [1.54, 1.807) is 0 Å². The van der Waals surface area contributed by atoms with Gasteiger partial charge >= 0.3 is 0 Å². The van der Waals surface area contributed by atoms with Crippen LogP contribution in [0.2, 0.25) is 5.02 Å². The number of piperidine rings is 1. The molecule has 1 fully saturated rings. The number of nitrogens with two attached hydrogens (primary N) is 1. The average molecular weight is 295 g/mol. The minimum atomic E-state index is 0.205. The molecule has 0 saturated carbocycles. The van der Waals surface area contributed by atoms with Gasteiger partial charge in [-0.25, -0.2) is 0 Å². The molecule has 3 heteroatoms. The molecule has 2 atom stereocenters. The predicted octanol–water partition coefficient (Wildman–Crippen LogP) is 4.39. The van der Waals surface area contributed by atoms with Gasteiger partial charge in [-0.3, -0.25) is 0 Å². The van der Waals surface area contributed by atoms with Gasteiger partial charge in [-0.1, -0.05) is 31.5 Å². The van der Waals surface area contributed by atoms with E-state index in [1.165, 1.54) is 36.9 Å². The fourth-order valence-corrected chi connectivity index (χ4v) is 3.32. The SMILES string of the molecule is CCC(N)Cc1ccc(N2CCCCC2CC)cc1Cl. The summed E-state index contributed by atoms with van der Waals surface area (Å²) in [6.45, 7) is 5.55. The Morgan fingerprint density at radius 1 is 1.35 bits per heavy atom. The zero-order valence-corrected chi connectivity index (χ0v) is 13.5. The molecule has 0 aromatic heterocycles. The highest BCUT2D eigenvalue weighted by Crippen LogP contribution is 2.30. The highest BCUT2D eigenvalue weighted by molar-refractivity contribution is 6.31. The smallest absolute Gasteiger partial charge is 0.0459 e. The number of nitrogens with zero attached hydrogens (tertiary/aromatic N) is 1. The third-order valence-corrected chi connectivity index (χ3v) is 4.83. The summed E-state index contributed by atoms with van der Waals surface area (Å²) in [5, 5.41) is 0.867. The summed E-state index contributed by atoms with van der Waals surface area (Å²) in [5.41, 5.74) is 8.48. The second-order valence-corrected chi connectivity index (χ2v) is 6.31. The van der Waals surface area contributed by atoms with Gasteiger partial charge in [0, 0.05) is 29.3 Å². The number of halogens is 1. The van der Waals surface area contributed by atoms with Crippen molar-refractivity contribution in [3.8, 4) is 0 Å². The summed E-state index contributed by atoms with van der Waals surface area (Å²) in [5.74, 6) is 0. The van der Waals surface area contributed by atoms with E-state index in [4.69, 9.17) is 17.3 Å². The Labute approximate surface area is 128 Å². The number of benzene rings is 1. The molecule has 2 rings (SSSR count). The molecule has 1 aromatic carbocycles. The lowest BCUT2D eigenvalue weighted by molar-refractivity contribution is 0.450. The van der Waals surface area contributed by atoms with E-state index in [0.29, 0.717) is 6.04 Å². The van der Waals surface area contributed by atoms with E-state index in [0.717, 1.165) is 24.4 Å². The molecule has 1 saturated heterocycles. The van der Waals surface area contributed by atoms with Crippen molar-refractivity contribution < 1.29 is 0 Å². The van der Waals surface area contributed by atoms with Crippen LogP contribution in [0.4, 0.5) is 5.69 Å². The van der Waals surface area contributed by atoms with Gasteiger partial charge < -0.3 is 10.6 Å². The van der Waals surface area contributed by atoms with Crippen LogP contribution in [0.15, 0.2) is 18.2 Å². The van der Waals surface area contributed by atoms with Crippen LogP contribution in [-0.2, 0) is 6.42 Å². The molecule has 1 aliphatic rings. The Hall–Kier alpha value is -0.730. The topological polar surface area (TPSA) is 29.3 Å². The quantitative estimate of drug-likeness (QED) is 0.873. The molecule has 0 aliphatic carbocycles. The van der Waals surface area contributed by atoms with E-state index >= 15 is 0 Å². The van der Waals surface area contributed by atoms with Crippen molar-refractivity contribution in [2.45, 2.75) is 64.5 Å². The summed E-state index contributed by atoms with van der Waals surface area (Å²) in [6.07, 6.45) is 7.01. The molecule has 2 unspecified atom stereocenters. The molecule has 0 amide bonds. The summed E-state index contributed by atoms with van der Waals surface area (Å²) >= 11 is 6.46. The lowest BCUT2D eigenvalue weighted by Gasteiger charge is -2.37. The predicted molar refractivity (Wildman–Crippen MR) is 88.7 cm³/mol. The van der Waals surface area contributed by atoms with Crippen LogP contribution in [0.3, 0.4) is 0 Å². The van der Waals surface area contributed by atoms with Crippen LogP contribution in [0, 0.1) is 0 Å². The van der Waals surface area contributed by atoms with Crippen LogP contribution in [-0.4, -0.2) is 18.6 Å². The second kappa shape index (κ2) is 7.33. The van der Waals surface area contributed by atoms with Gasteiger partial charge in [0.1, 0.15) is 0 Å². The molecule has 2 nitrogen and oxygen atoms in total. The third-order valence-electron chi connectivity index (χ3n) is 4.47. The maximum absolute atomic E-state index is 6.46. The molecular formula is C17H27ClN2. The molecule has 0 radical (unpaired) electrons. The van der Waals surface area contributed by atoms with E-state index in [-0.39, 0.29) is 6.04 Å². The van der Waals surface area contributed by atoms with Gasteiger partial charge in [0.2, 0.25) is 0 Å². The average Bonchev–Trinajstić information content (AvgIpc) is 2.49. The van der Waals surface area contributed by atoms with Crippen molar-refractivity contribution >= 4 is 17.3 Å². The Kier molecular flexibility index (Phi) is 5.74. The van der Waals surface area contributed by atoms with E-state index in [2.05, 4.69) is 36.9 Å². The second-order valence-electron chi connectivity index (χ2n) is 5.90. The highest BCUT2D eigenvalue weighted by Gasteiger charge is 2.21. The first-order valence-electron chi connectivity index (χ1n) is 7.96. The third kappa shape index (κ3) is 3.67. The Morgan fingerprint density at radius 2 is 2.15 bits per heavy atom. The fourth-order valence-electron chi connectivity index (χ4n) is 3.07. The minimum absolute atomic E-state index is 0.205. The molecular weight excluding hydrogens is 268 g/mol. The molecule has 0 spiro atoms. The number of anilines is 1. The first kappa shape index (κ1) is 15.7. The van der Waals surface area contributed by atoms with Crippen LogP contribution < -0.4 is 10.6 Å². The first-order valence-corrected chi connectivity index (χ1v) is 8.34. The Morgan fingerprint density at radius 3 is 2.80 bits per heavy atom. The van der Waals surface area contributed by atoms with Gasteiger partial charge in [0.25, 0.3) is 0 Å². The Balaban J connectivity index is 2.15. The molecule has 20 heavy (non-hydrogen) atoms. The van der Waals surface area contributed by atoms with E-state index in [9.17, 15) is 0 Å².